The first-order valence-corrected chi connectivity index (χ1v) is 14.8. The molecule has 0 spiro atoms. The normalized spacial score (nSPS) is 48.0. The van der Waals surface area contributed by atoms with Gasteiger partial charge >= 0.3 is 5.97 Å². The van der Waals surface area contributed by atoms with Crippen molar-refractivity contribution >= 4 is 5.97 Å². The van der Waals surface area contributed by atoms with Crippen LogP contribution in [0.15, 0.2) is 0 Å². The molecule has 0 amide bonds. The first-order valence-electron chi connectivity index (χ1n) is 14.8. The van der Waals surface area contributed by atoms with Gasteiger partial charge in [-0.2, -0.15) is 0 Å². The van der Waals surface area contributed by atoms with E-state index in [1.807, 2.05) is 0 Å². The monoisotopic (exact) mass is 492 g/mol. The topological polar surface area (TPSA) is 98.0 Å². The van der Waals surface area contributed by atoms with Gasteiger partial charge in [-0.3, -0.25) is 4.79 Å². The van der Waals surface area contributed by atoms with Gasteiger partial charge in [-0.1, -0.05) is 53.4 Å². The Balaban J connectivity index is 1.67. The summed E-state index contributed by atoms with van der Waals surface area (Å²) in [5.74, 6) is 0.860. The smallest absolute Gasteiger partial charge is 0.303 e. The molecular formula is C30H52O5. The van der Waals surface area contributed by atoms with Gasteiger partial charge in [-0.05, 0) is 104 Å². The Bertz CT molecular complexity index is 755. The van der Waals surface area contributed by atoms with E-state index >= 15 is 0 Å². The summed E-state index contributed by atoms with van der Waals surface area (Å²) in [5.41, 5.74) is -0.937. The summed E-state index contributed by atoms with van der Waals surface area (Å²) in [4.78, 5) is 11.3. The van der Waals surface area contributed by atoms with Crippen molar-refractivity contribution in [3.63, 3.8) is 0 Å². The van der Waals surface area contributed by atoms with Crippen molar-refractivity contribution in [3.8, 4) is 0 Å². The van der Waals surface area contributed by atoms with Crippen LogP contribution in [-0.4, -0.2) is 44.2 Å². The zero-order valence-corrected chi connectivity index (χ0v) is 22.7. The molecule has 0 unspecified atom stereocenters. The Morgan fingerprint density at radius 1 is 1.03 bits per heavy atom. The van der Waals surface area contributed by atoms with Crippen molar-refractivity contribution < 1.29 is 25.2 Å². The molecule has 4 aliphatic carbocycles. The van der Waals surface area contributed by atoms with E-state index in [2.05, 4.69) is 27.7 Å². The second-order valence-corrected chi connectivity index (χ2v) is 13.7. The van der Waals surface area contributed by atoms with Crippen LogP contribution in [0.3, 0.4) is 0 Å². The van der Waals surface area contributed by atoms with E-state index in [-0.39, 0.29) is 47.0 Å². The van der Waals surface area contributed by atoms with Gasteiger partial charge in [0.2, 0.25) is 0 Å². The third-order valence-corrected chi connectivity index (χ3v) is 12.0. The zero-order chi connectivity index (χ0) is 25.6. The highest BCUT2D eigenvalue weighted by Gasteiger charge is 2.68. The van der Waals surface area contributed by atoms with Gasteiger partial charge in [-0.15, -0.1) is 0 Å². The number of carboxylic acids is 1. The van der Waals surface area contributed by atoms with E-state index < -0.39 is 17.7 Å². The molecular weight excluding hydrogens is 440 g/mol. The molecule has 11 atom stereocenters. The number of fused-ring (bicyclic) bond motifs is 5. The van der Waals surface area contributed by atoms with Crippen molar-refractivity contribution in [2.24, 2.45) is 46.3 Å². The predicted molar refractivity (Wildman–Crippen MR) is 138 cm³/mol. The molecule has 0 aromatic heterocycles. The Hall–Kier alpha value is -0.650. The number of aliphatic hydroxyl groups excluding tert-OH is 2. The van der Waals surface area contributed by atoms with Crippen molar-refractivity contribution in [2.75, 3.05) is 0 Å². The van der Waals surface area contributed by atoms with Crippen molar-refractivity contribution in [1.29, 1.82) is 0 Å². The largest absolute Gasteiger partial charge is 0.481 e. The maximum Gasteiger partial charge on any atom is 0.303 e. The number of hydrogen-bond acceptors (Lipinski definition) is 4. The average Bonchev–Trinajstić information content (AvgIpc) is 3.15. The first-order chi connectivity index (χ1) is 16.5. The summed E-state index contributed by atoms with van der Waals surface area (Å²) in [6.07, 6.45) is 11.7. The Labute approximate surface area is 213 Å². The van der Waals surface area contributed by atoms with E-state index in [1.165, 1.54) is 12.8 Å². The van der Waals surface area contributed by atoms with E-state index in [1.54, 1.807) is 0 Å². The molecule has 4 fully saturated rings. The summed E-state index contributed by atoms with van der Waals surface area (Å²) in [5, 5.41) is 44.1. The van der Waals surface area contributed by atoms with Gasteiger partial charge in [0.25, 0.3) is 0 Å². The predicted octanol–water partition coefficient (Wildman–Crippen LogP) is 5.79. The van der Waals surface area contributed by atoms with E-state index in [9.17, 15) is 25.2 Å². The van der Waals surface area contributed by atoms with Gasteiger partial charge in [0.1, 0.15) is 0 Å². The standard InChI is InChI=1S/C30H52O5/c1-5-6-7-8-14-30(35)18-20-16-21(31)13-15-28(20,3)24-17-25(32)29(4)22(10-11-23(29)27(24)30)19(2)9-12-26(33)34/h19-25,27,31-32,35H,5-18H2,1-4H3,(H,33,34)/t19-,20+,21-,22-,23+,24+,25+,27+,28+,29-,30-/m1/s1. The van der Waals surface area contributed by atoms with Crippen molar-refractivity contribution in [1.82, 2.24) is 0 Å². The molecule has 0 heterocycles. The minimum Gasteiger partial charge on any atom is -0.481 e. The zero-order valence-electron chi connectivity index (χ0n) is 22.7. The minimum atomic E-state index is -0.743. The van der Waals surface area contributed by atoms with Gasteiger partial charge in [0.15, 0.2) is 0 Å². The van der Waals surface area contributed by atoms with Crippen molar-refractivity contribution in [2.45, 2.75) is 135 Å². The van der Waals surface area contributed by atoms with Crippen LogP contribution in [0.4, 0.5) is 0 Å². The molecule has 4 saturated carbocycles. The van der Waals surface area contributed by atoms with Gasteiger partial charge in [0.05, 0.1) is 17.8 Å². The van der Waals surface area contributed by atoms with E-state index in [4.69, 9.17) is 0 Å². The van der Waals surface area contributed by atoms with Crippen LogP contribution in [0, 0.1) is 46.3 Å². The molecule has 0 saturated heterocycles. The molecule has 35 heavy (non-hydrogen) atoms. The second-order valence-electron chi connectivity index (χ2n) is 13.7. The maximum absolute atomic E-state index is 12.5. The molecule has 0 aromatic carbocycles. The quantitative estimate of drug-likeness (QED) is 0.305. The first kappa shape index (κ1) is 27.4. The lowest BCUT2D eigenvalue weighted by molar-refractivity contribution is -0.244. The molecule has 0 radical (unpaired) electrons. The van der Waals surface area contributed by atoms with Crippen LogP contribution in [0.5, 0.6) is 0 Å². The third-order valence-electron chi connectivity index (χ3n) is 12.0. The summed E-state index contributed by atoms with van der Waals surface area (Å²) < 4.78 is 0. The lowest BCUT2D eigenvalue weighted by Crippen LogP contribution is -2.66. The van der Waals surface area contributed by atoms with Crippen LogP contribution >= 0.6 is 0 Å². The number of aliphatic carboxylic acids is 1. The fraction of sp³-hybridized carbons (Fsp3) is 0.967. The molecule has 202 valence electrons. The Kier molecular flexibility index (Phi) is 8.02. The lowest BCUT2D eigenvalue weighted by Gasteiger charge is -2.66. The van der Waals surface area contributed by atoms with Gasteiger partial charge < -0.3 is 20.4 Å². The molecule has 5 nitrogen and oxygen atoms in total. The molecule has 4 N–H and O–H groups in total. The summed E-state index contributed by atoms with van der Waals surface area (Å²) in [6.45, 7) is 9.06. The van der Waals surface area contributed by atoms with Crippen LogP contribution < -0.4 is 0 Å². The van der Waals surface area contributed by atoms with Crippen LogP contribution in [0.1, 0.15) is 118 Å². The molecule has 4 aliphatic rings. The second kappa shape index (κ2) is 10.3. The number of aliphatic hydroxyl groups is 3. The van der Waals surface area contributed by atoms with Gasteiger partial charge in [-0.25, -0.2) is 0 Å². The third kappa shape index (κ3) is 4.72. The van der Waals surface area contributed by atoms with Crippen molar-refractivity contribution in [3.05, 3.63) is 0 Å². The highest BCUT2D eigenvalue weighted by molar-refractivity contribution is 5.66. The molecule has 0 aliphatic heterocycles. The molecule has 4 rings (SSSR count). The lowest BCUT2D eigenvalue weighted by atomic mass is 9.40. The fourth-order valence-electron chi connectivity index (χ4n) is 10.0. The highest BCUT2D eigenvalue weighted by Crippen LogP contribution is 2.70. The number of carbonyl (C=O) groups is 1. The average molecular weight is 493 g/mol. The Morgan fingerprint density at radius 2 is 1.77 bits per heavy atom. The number of hydrogen-bond donors (Lipinski definition) is 4. The van der Waals surface area contributed by atoms with Gasteiger partial charge in [0, 0.05) is 6.42 Å². The molecule has 5 heteroatoms. The Morgan fingerprint density at radius 3 is 2.46 bits per heavy atom. The number of unbranched alkanes of at least 4 members (excludes halogenated alkanes) is 3. The van der Waals surface area contributed by atoms with Crippen LogP contribution in [0.2, 0.25) is 0 Å². The number of rotatable bonds is 9. The minimum absolute atomic E-state index is 0.0644. The summed E-state index contributed by atoms with van der Waals surface area (Å²) in [7, 11) is 0. The van der Waals surface area contributed by atoms with E-state index in [0.29, 0.717) is 18.3 Å². The molecule has 0 bridgehead atoms. The van der Waals surface area contributed by atoms with Crippen LogP contribution in [-0.2, 0) is 4.79 Å². The highest BCUT2D eigenvalue weighted by atomic mass is 16.4. The van der Waals surface area contributed by atoms with E-state index in [0.717, 1.165) is 64.2 Å². The summed E-state index contributed by atoms with van der Waals surface area (Å²) >= 11 is 0. The number of carboxylic acid groups (broad SMARTS) is 1. The SMILES string of the molecule is CCCCCC[C@@]1(O)C[C@@H]2C[C@H](O)CC[C@]2(C)[C@H]2C[C@H](O)[C@]3(C)[C@@H]([C@H](C)CCC(=O)O)CC[C@H]3[C@@H]21. The maximum atomic E-state index is 12.5. The van der Waals surface area contributed by atoms with Crippen LogP contribution in [0.25, 0.3) is 0 Å². The summed E-state index contributed by atoms with van der Waals surface area (Å²) in [6, 6.07) is 0. The fourth-order valence-corrected chi connectivity index (χ4v) is 10.0. The molecule has 0 aromatic rings.